The van der Waals surface area contributed by atoms with Gasteiger partial charge in [-0.05, 0) is 42.8 Å². The van der Waals surface area contributed by atoms with Crippen molar-refractivity contribution in [1.29, 1.82) is 0 Å². The zero-order valence-corrected chi connectivity index (χ0v) is 12.4. The lowest BCUT2D eigenvalue weighted by Crippen LogP contribution is -2.17. The van der Waals surface area contributed by atoms with Crippen LogP contribution in [-0.4, -0.2) is 8.42 Å². The Kier molecular flexibility index (Phi) is 4.06. The molecule has 0 fully saturated rings. The highest BCUT2D eigenvalue weighted by atomic mass is 35.5. The van der Waals surface area contributed by atoms with E-state index in [1.165, 1.54) is 18.2 Å². The minimum atomic E-state index is -4.43. The van der Waals surface area contributed by atoms with E-state index in [4.69, 9.17) is 17.3 Å². The molecule has 0 saturated carbocycles. The summed E-state index contributed by atoms with van der Waals surface area (Å²) < 4.78 is 53.8. The zero-order chi connectivity index (χ0) is 15.8. The van der Waals surface area contributed by atoms with Crippen molar-refractivity contribution in [3.05, 3.63) is 52.6 Å². The number of hydrogen-bond donors (Lipinski definition) is 2. The molecule has 2 rings (SSSR count). The summed E-state index contributed by atoms with van der Waals surface area (Å²) in [6.45, 7) is 1.61. The minimum Gasteiger partial charge on any atom is -0.399 e. The monoisotopic (exact) mass is 332 g/mol. The van der Waals surface area contributed by atoms with Gasteiger partial charge in [-0.15, -0.1) is 0 Å². The molecule has 0 amide bonds. The van der Waals surface area contributed by atoms with Crippen LogP contribution in [0.25, 0.3) is 0 Å². The van der Waals surface area contributed by atoms with Gasteiger partial charge in [-0.3, -0.25) is 4.72 Å². The topological polar surface area (TPSA) is 72.2 Å². The van der Waals surface area contributed by atoms with Crippen LogP contribution in [0.1, 0.15) is 5.56 Å². The Balaban J connectivity index is 2.48. The highest BCUT2D eigenvalue weighted by Crippen LogP contribution is 2.26. The smallest absolute Gasteiger partial charge is 0.267 e. The Morgan fingerprint density at radius 2 is 1.71 bits per heavy atom. The Morgan fingerprint density at radius 3 is 2.24 bits per heavy atom. The van der Waals surface area contributed by atoms with Crippen LogP contribution >= 0.6 is 11.6 Å². The predicted molar refractivity (Wildman–Crippen MR) is 77.8 cm³/mol. The second kappa shape index (κ2) is 5.50. The van der Waals surface area contributed by atoms with E-state index in [1.807, 2.05) is 0 Å². The third-order valence-corrected chi connectivity index (χ3v) is 4.37. The second-order valence-electron chi connectivity index (χ2n) is 4.38. The quantitative estimate of drug-likeness (QED) is 0.847. The van der Waals surface area contributed by atoms with Crippen molar-refractivity contribution >= 4 is 33.0 Å². The maximum Gasteiger partial charge on any atom is 0.267 e. The fourth-order valence-corrected chi connectivity index (χ4v) is 3.25. The van der Waals surface area contributed by atoms with Crippen molar-refractivity contribution in [2.75, 3.05) is 10.5 Å². The number of nitrogen functional groups attached to an aromatic ring is 1. The molecule has 0 saturated heterocycles. The average Bonchev–Trinajstić information content (AvgIpc) is 2.30. The van der Waals surface area contributed by atoms with Gasteiger partial charge in [0.1, 0.15) is 11.6 Å². The summed E-state index contributed by atoms with van der Waals surface area (Å²) >= 11 is 5.76. The first kappa shape index (κ1) is 15.5. The van der Waals surface area contributed by atoms with Crippen molar-refractivity contribution < 1.29 is 17.2 Å². The Hall–Kier alpha value is -1.86. The zero-order valence-electron chi connectivity index (χ0n) is 10.8. The second-order valence-corrected chi connectivity index (χ2v) is 6.43. The van der Waals surface area contributed by atoms with Gasteiger partial charge in [-0.25, -0.2) is 17.2 Å². The largest absolute Gasteiger partial charge is 0.399 e. The van der Waals surface area contributed by atoms with E-state index >= 15 is 0 Å². The number of benzene rings is 2. The maximum absolute atomic E-state index is 13.7. The lowest BCUT2D eigenvalue weighted by molar-refractivity contribution is 0.522. The van der Waals surface area contributed by atoms with E-state index in [1.54, 1.807) is 6.92 Å². The number of aryl methyl sites for hydroxylation is 1. The van der Waals surface area contributed by atoms with Gasteiger partial charge in [0.2, 0.25) is 0 Å². The van der Waals surface area contributed by atoms with Crippen molar-refractivity contribution in [3.8, 4) is 0 Å². The van der Waals surface area contributed by atoms with Crippen LogP contribution < -0.4 is 10.5 Å². The minimum absolute atomic E-state index is 0.176. The molecule has 0 aliphatic carbocycles. The third kappa shape index (κ3) is 3.25. The van der Waals surface area contributed by atoms with Crippen molar-refractivity contribution in [2.24, 2.45) is 0 Å². The first-order valence-electron chi connectivity index (χ1n) is 5.74. The van der Waals surface area contributed by atoms with Gasteiger partial charge in [0, 0.05) is 10.7 Å². The normalized spacial score (nSPS) is 11.4. The molecule has 0 aliphatic heterocycles. The lowest BCUT2D eigenvalue weighted by atomic mass is 10.2. The van der Waals surface area contributed by atoms with Crippen molar-refractivity contribution in [3.63, 3.8) is 0 Å². The van der Waals surface area contributed by atoms with Gasteiger partial charge in [0.25, 0.3) is 10.0 Å². The fourth-order valence-electron chi connectivity index (χ4n) is 1.77. The van der Waals surface area contributed by atoms with E-state index in [2.05, 4.69) is 4.72 Å². The Labute approximate surface area is 125 Å². The van der Waals surface area contributed by atoms with Gasteiger partial charge in [0.05, 0.1) is 5.69 Å². The molecular formula is C13H11ClF2N2O2S. The van der Waals surface area contributed by atoms with Crippen molar-refractivity contribution in [2.45, 2.75) is 11.8 Å². The molecule has 0 spiro atoms. The van der Waals surface area contributed by atoms with Crippen LogP contribution in [0.2, 0.25) is 5.02 Å². The van der Waals surface area contributed by atoms with Gasteiger partial charge in [0.15, 0.2) is 4.90 Å². The van der Waals surface area contributed by atoms with Crippen LogP contribution in [0.5, 0.6) is 0 Å². The average molecular weight is 333 g/mol. The molecule has 0 aliphatic rings. The molecular weight excluding hydrogens is 322 g/mol. The summed E-state index contributed by atoms with van der Waals surface area (Å²) in [5.41, 5.74) is 5.74. The van der Waals surface area contributed by atoms with Crippen LogP contribution in [0.15, 0.2) is 35.2 Å². The highest BCUT2D eigenvalue weighted by molar-refractivity contribution is 7.92. The number of halogens is 3. The number of nitrogens with one attached hydrogen (secondary N) is 1. The number of nitrogens with two attached hydrogens (primary N) is 1. The first-order valence-corrected chi connectivity index (χ1v) is 7.60. The molecule has 4 nitrogen and oxygen atoms in total. The van der Waals surface area contributed by atoms with Gasteiger partial charge < -0.3 is 5.73 Å². The molecule has 2 aromatic rings. The molecule has 3 N–H and O–H groups in total. The number of rotatable bonds is 3. The molecule has 2 aromatic carbocycles. The third-order valence-electron chi connectivity index (χ3n) is 2.72. The molecule has 0 radical (unpaired) electrons. The van der Waals surface area contributed by atoms with Crippen LogP contribution in [-0.2, 0) is 10.0 Å². The molecule has 0 unspecified atom stereocenters. The van der Waals surface area contributed by atoms with Gasteiger partial charge >= 0.3 is 0 Å². The lowest BCUT2D eigenvalue weighted by Gasteiger charge is -2.12. The fraction of sp³-hybridized carbons (Fsp3) is 0.0769. The van der Waals surface area contributed by atoms with Gasteiger partial charge in [-0.2, -0.15) is 0 Å². The summed E-state index contributed by atoms with van der Waals surface area (Å²) in [5.74, 6) is -2.52. The number of hydrogen-bond acceptors (Lipinski definition) is 3. The first-order chi connectivity index (χ1) is 9.70. The number of sulfonamides is 1. The van der Waals surface area contributed by atoms with E-state index in [-0.39, 0.29) is 11.4 Å². The molecule has 21 heavy (non-hydrogen) atoms. The molecule has 112 valence electrons. The molecule has 0 bridgehead atoms. The summed E-state index contributed by atoms with van der Waals surface area (Å²) in [7, 11) is -4.43. The molecule has 0 heterocycles. The van der Waals surface area contributed by atoms with Crippen LogP contribution in [0.4, 0.5) is 20.2 Å². The van der Waals surface area contributed by atoms with Crippen LogP contribution in [0.3, 0.4) is 0 Å². The maximum atomic E-state index is 13.7. The van der Waals surface area contributed by atoms with E-state index in [0.717, 1.165) is 12.1 Å². The molecule has 0 atom stereocenters. The van der Waals surface area contributed by atoms with Crippen molar-refractivity contribution in [1.82, 2.24) is 0 Å². The number of anilines is 2. The standard InChI is InChI=1S/C13H11ClF2N2O2S/c1-7-4-8(14)2-3-12(7)18-21(19,20)13-10(15)5-9(17)6-11(13)16/h2-6,18H,17H2,1H3. The predicted octanol–water partition coefficient (Wildman–Crippen LogP) is 3.31. The SMILES string of the molecule is Cc1cc(Cl)ccc1NS(=O)(=O)c1c(F)cc(N)cc1F. The molecule has 0 aromatic heterocycles. The summed E-state index contributed by atoms with van der Waals surface area (Å²) in [4.78, 5) is -1.08. The summed E-state index contributed by atoms with van der Waals surface area (Å²) in [6.07, 6.45) is 0. The molecule has 8 heteroatoms. The summed E-state index contributed by atoms with van der Waals surface area (Å²) in [6, 6.07) is 5.87. The van der Waals surface area contributed by atoms with Gasteiger partial charge in [-0.1, -0.05) is 11.6 Å². The summed E-state index contributed by atoms with van der Waals surface area (Å²) in [5, 5.41) is 0.417. The van der Waals surface area contributed by atoms with Crippen LogP contribution in [0, 0.1) is 18.6 Å². The Bertz CT molecular complexity index is 787. The van der Waals surface area contributed by atoms with E-state index in [0.29, 0.717) is 10.6 Å². The van der Waals surface area contributed by atoms with E-state index < -0.39 is 26.6 Å². The Morgan fingerprint density at radius 1 is 1.14 bits per heavy atom. The van der Waals surface area contributed by atoms with E-state index in [9.17, 15) is 17.2 Å². The highest BCUT2D eigenvalue weighted by Gasteiger charge is 2.25.